The summed E-state index contributed by atoms with van der Waals surface area (Å²) in [5.74, 6) is -0.494. The number of allylic oxidation sites excluding steroid dienone is 1. The van der Waals surface area contributed by atoms with E-state index in [4.69, 9.17) is 0 Å². The minimum Gasteiger partial charge on any atom is -0.317 e. The van der Waals surface area contributed by atoms with Gasteiger partial charge in [-0.2, -0.15) is 0 Å². The number of nitrogens with zero attached hydrogens (tertiary/aromatic N) is 1. The van der Waals surface area contributed by atoms with Gasteiger partial charge in [0.05, 0.1) is 21.6 Å². The Morgan fingerprint density at radius 2 is 2.12 bits per heavy atom. The lowest BCUT2D eigenvalue weighted by atomic mass is 9.74. The van der Waals surface area contributed by atoms with Crippen molar-refractivity contribution in [2.45, 2.75) is 18.9 Å². The second kappa shape index (κ2) is 3.28. The predicted molar refractivity (Wildman–Crippen MR) is 68.4 cm³/mol. The maximum Gasteiger partial charge on any atom is 0.261 e. The summed E-state index contributed by atoms with van der Waals surface area (Å²) < 4.78 is 0.680. The van der Waals surface area contributed by atoms with Crippen molar-refractivity contribution in [3.63, 3.8) is 0 Å². The Morgan fingerprint density at radius 3 is 2.82 bits per heavy atom. The van der Waals surface area contributed by atoms with Crippen LogP contribution in [0.4, 0.5) is 0 Å². The zero-order valence-electron chi connectivity index (χ0n) is 9.20. The Hall–Kier alpha value is -0.980. The molecule has 0 unspecified atom stereocenters. The van der Waals surface area contributed by atoms with E-state index in [2.05, 4.69) is 0 Å². The van der Waals surface area contributed by atoms with E-state index in [-0.39, 0.29) is 36.4 Å². The Labute approximate surface area is 112 Å². The quantitative estimate of drug-likeness (QED) is 0.617. The summed E-state index contributed by atoms with van der Waals surface area (Å²) in [5.41, 5.74) is 0.265. The van der Waals surface area contributed by atoms with Crippen LogP contribution in [0.2, 0.25) is 0 Å². The lowest BCUT2D eigenvalue weighted by Gasteiger charge is -2.36. The highest BCUT2D eigenvalue weighted by Gasteiger charge is 2.60. The first-order valence-electron chi connectivity index (χ1n) is 5.42. The third-order valence-electron chi connectivity index (χ3n) is 3.97. The second-order valence-corrected chi connectivity index (χ2v) is 5.76. The molecule has 5 heteroatoms. The van der Waals surface area contributed by atoms with Crippen molar-refractivity contribution in [3.05, 3.63) is 21.3 Å². The summed E-state index contributed by atoms with van der Waals surface area (Å²) in [4.78, 5) is 37.1. The van der Waals surface area contributed by atoms with Gasteiger partial charge in [-0.3, -0.25) is 14.4 Å². The molecular weight excluding hydrogens is 333 g/mol. The van der Waals surface area contributed by atoms with E-state index in [9.17, 15) is 14.4 Å². The van der Waals surface area contributed by atoms with Crippen molar-refractivity contribution in [2.75, 3.05) is 6.54 Å². The van der Waals surface area contributed by atoms with Gasteiger partial charge in [-0.25, -0.2) is 0 Å². The van der Waals surface area contributed by atoms with Crippen molar-refractivity contribution >= 4 is 40.1 Å². The SMILES string of the molecule is CC1=C(I)C(=O)N2CC(=O)[C@H]3CC(=O)C=C[C@]132. The molecule has 0 aromatic rings. The van der Waals surface area contributed by atoms with Gasteiger partial charge in [-0.15, -0.1) is 0 Å². The topological polar surface area (TPSA) is 54.5 Å². The summed E-state index contributed by atoms with van der Waals surface area (Å²) >= 11 is 2.03. The summed E-state index contributed by atoms with van der Waals surface area (Å²) in [6.45, 7) is 2.01. The van der Waals surface area contributed by atoms with Crippen molar-refractivity contribution in [2.24, 2.45) is 5.92 Å². The fraction of sp³-hybridized carbons (Fsp3) is 0.417. The molecule has 3 rings (SSSR count). The van der Waals surface area contributed by atoms with Crippen molar-refractivity contribution < 1.29 is 14.4 Å². The molecule has 0 aromatic carbocycles. The smallest absolute Gasteiger partial charge is 0.261 e. The lowest BCUT2D eigenvalue weighted by Crippen LogP contribution is -2.47. The van der Waals surface area contributed by atoms with Crippen LogP contribution in [0.25, 0.3) is 0 Å². The molecule has 1 fully saturated rings. The van der Waals surface area contributed by atoms with Crippen LogP contribution in [0.5, 0.6) is 0 Å². The molecule has 4 nitrogen and oxygen atoms in total. The molecule has 0 saturated carbocycles. The van der Waals surface area contributed by atoms with Crippen LogP contribution in [0.3, 0.4) is 0 Å². The Bertz CT molecular complexity index is 534. The predicted octanol–water partition coefficient (Wildman–Crippen LogP) is 1.00. The first-order chi connectivity index (χ1) is 7.98. The van der Waals surface area contributed by atoms with Crippen LogP contribution < -0.4 is 0 Å². The molecule has 0 N–H and O–H groups in total. The van der Waals surface area contributed by atoms with E-state index in [0.29, 0.717) is 3.58 Å². The fourth-order valence-corrected chi connectivity index (χ4v) is 3.80. The number of halogens is 1. The molecule has 2 aliphatic heterocycles. The van der Waals surface area contributed by atoms with Crippen LogP contribution in [0, 0.1) is 5.92 Å². The van der Waals surface area contributed by atoms with Crippen molar-refractivity contribution in [3.8, 4) is 0 Å². The fourth-order valence-electron chi connectivity index (χ4n) is 3.08. The molecule has 1 aliphatic carbocycles. The number of carbonyl (C=O) groups excluding carboxylic acids is 3. The Kier molecular flexibility index (Phi) is 2.14. The van der Waals surface area contributed by atoms with E-state index in [0.717, 1.165) is 5.57 Å². The average molecular weight is 343 g/mol. The molecule has 17 heavy (non-hydrogen) atoms. The Balaban J connectivity index is 2.24. The molecule has 88 valence electrons. The first kappa shape index (κ1) is 11.1. The van der Waals surface area contributed by atoms with Gasteiger partial charge in [-0.1, -0.05) is 6.08 Å². The van der Waals surface area contributed by atoms with Crippen LogP contribution in [0.15, 0.2) is 21.3 Å². The zero-order valence-corrected chi connectivity index (χ0v) is 11.4. The van der Waals surface area contributed by atoms with Gasteiger partial charge in [0, 0.05) is 6.42 Å². The van der Waals surface area contributed by atoms with Crippen LogP contribution >= 0.6 is 22.6 Å². The number of hydrogen-bond acceptors (Lipinski definition) is 3. The highest BCUT2D eigenvalue weighted by Crippen LogP contribution is 2.50. The maximum atomic E-state index is 12.1. The molecular formula is C12H10INO3. The minimum atomic E-state index is -0.640. The van der Waals surface area contributed by atoms with Crippen LogP contribution in [-0.4, -0.2) is 34.5 Å². The number of hydrogen-bond donors (Lipinski definition) is 0. The minimum absolute atomic E-state index is 0.000648. The van der Waals surface area contributed by atoms with E-state index in [1.165, 1.54) is 6.08 Å². The number of carbonyl (C=O) groups is 3. The molecule has 1 saturated heterocycles. The van der Waals surface area contributed by atoms with Crippen molar-refractivity contribution in [1.82, 2.24) is 4.90 Å². The van der Waals surface area contributed by atoms with Gasteiger partial charge in [0.25, 0.3) is 5.91 Å². The highest BCUT2D eigenvalue weighted by molar-refractivity contribution is 14.1. The third-order valence-corrected chi connectivity index (χ3v) is 5.24. The molecule has 0 aromatic heterocycles. The van der Waals surface area contributed by atoms with Gasteiger partial charge in [0.15, 0.2) is 11.6 Å². The van der Waals surface area contributed by atoms with Crippen LogP contribution in [-0.2, 0) is 14.4 Å². The van der Waals surface area contributed by atoms with Gasteiger partial charge in [0.1, 0.15) is 0 Å². The van der Waals surface area contributed by atoms with E-state index in [1.54, 1.807) is 11.0 Å². The number of rotatable bonds is 0. The van der Waals surface area contributed by atoms with Gasteiger partial charge in [-0.05, 0) is 41.2 Å². The molecule has 1 amide bonds. The molecule has 2 atom stereocenters. The van der Waals surface area contributed by atoms with Gasteiger partial charge < -0.3 is 4.90 Å². The summed E-state index contributed by atoms with van der Waals surface area (Å²) in [5, 5.41) is 0. The Morgan fingerprint density at radius 1 is 1.41 bits per heavy atom. The maximum absolute atomic E-state index is 12.1. The summed E-state index contributed by atoms with van der Waals surface area (Å²) in [7, 11) is 0. The van der Waals surface area contributed by atoms with Crippen molar-refractivity contribution in [1.29, 1.82) is 0 Å². The average Bonchev–Trinajstić information content (AvgIpc) is 2.68. The summed E-state index contributed by atoms with van der Waals surface area (Å²) in [6.07, 6.45) is 3.47. The standard InChI is InChI=1S/C12H10INO3/c1-6-10(13)11(17)14-5-9(16)8-4-7(15)2-3-12(6,8)14/h2-3,8H,4-5H2,1H3/t8-,12+/m1/s1. The van der Waals surface area contributed by atoms with E-state index >= 15 is 0 Å². The number of amides is 1. The van der Waals surface area contributed by atoms with Gasteiger partial charge >= 0.3 is 0 Å². The first-order valence-corrected chi connectivity index (χ1v) is 6.50. The zero-order chi connectivity index (χ0) is 12.4. The molecule has 1 spiro atoms. The molecule has 0 bridgehead atoms. The monoisotopic (exact) mass is 343 g/mol. The largest absolute Gasteiger partial charge is 0.317 e. The number of Topliss-reactive ketones (excluding diaryl/α,β-unsaturated/α-hetero) is 1. The molecule has 2 heterocycles. The third kappa shape index (κ3) is 1.15. The lowest BCUT2D eigenvalue weighted by molar-refractivity contribution is -0.128. The van der Waals surface area contributed by atoms with E-state index in [1.807, 2.05) is 29.5 Å². The highest BCUT2D eigenvalue weighted by atomic mass is 127. The second-order valence-electron chi connectivity index (χ2n) is 4.68. The molecule has 3 aliphatic rings. The summed E-state index contributed by atoms with van der Waals surface area (Å²) in [6, 6.07) is 0. The number of ketones is 2. The normalized spacial score (nSPS) is 35.8. The van der Waals surface area contributed by atoms with Gasteiger partial charge in [0.2, 0.25) is 0 Å². The van der Waals surface area contributed by atoms with Crippen LogP contribution in [0.1, 0.15) is 13.3 Å². The molecule has 0 radical (unpaired) electrons. The van der Waals surface area contributed by atoms with E-state index < -0.39 is 5.54 Å².